The van der Waals surface area contributed by atoms with E-state index in [1.54, 1.807) is 0 Å². The van der Waals surface area contributed by atoms with Crippen molar-refractivity contribution in [2.24, 2.45) is 0 Å². The molecule has 0 aliphatic heterocycles. The second-order valence-corrected chi connectivity index (χ2v) is 0. The fraction of sp³-hybridized carbons (Fsp3) is 0. The third-order valence-corrected chi connectivity index (χ3v) is 0. The van der Waals surface area contributed by atoms with Gasteiger partial charge in [0.1, 0.15) is 0 Å². The first kappa shape index (κ1) is 44.2. The SMILES string of the molecule is [Al].[C].[Cu].[Zn]. The van der Waals surface area contributed by atoms with Crippen LogP contribution < -0.4 is 0 Å². The van der Waals surface area contributed by atoms with Gasteiger partial charge in [0.25, 0.3) is 0 Å². The molecule has 3 heteroatoms. The Labute approximate surface area is 61.1 Å². The number of hydrogen-bond donors (Lipinski definition) is 0. The van der Waals surface area contributed by atoms with Gasteiger partial charge in [-0.2, -0.15) is 0 Å². The van der Waals surface area contributed by atoms with Crippen LogP contribution in [0.5, 0.6) is 0 Å². The van der Waals surface area contributed by atoms with E-state index in [4.69, 9.17) is 0 Å². The summed E-state index contributed by atoms with van der Waals surface area (Å²) < 4.78 is 0. The molecule has 8 radical (unpaired) electrons. The second-order valence-electron chi connectivity index (χ2n) is 0. The Morgan fingerprint density at radius 1 is 1.00 bits per heavy atom. The number of rotatable bonds is 0. The fourth-order valence-corrected chi connectivity index (χ4v) is 0. The molecule has 20 valence electrons. The topological polar surface area (TPSA) is 0 Å². The van der Waals surface area contributed by atoms with Gasteiger partial charge in [-0.25, -0.2) is 0 Å². The van der Waals surface area contributed by atoms with Gasteiger partial charge in [0.2, 0.25) is 0 Å². The molecule has 0 fully saturated rings. The first-order valence-electron chi connectivity index (χ1n) is 0. The first-order chi connectivity index (χ1) is 0. The van der Waals surface area contributed by atoms with E-state index in [9.17, 15) is 0 Å². The molecule has 0 atom stereocenters. The average molecular weight is 168 g/mol. The van der Waals surface area contributed by atoms with Crippen molar-refractivity contribution >= 4 is 17.4 Å². The minimum absolute atomic E-state index is 0. The molecule has 0 aromatic rings. The molecule has 0 rings (SSSR count). The summed E-state index contributed by atoms with van der Waals surface area (Å²) in [5, 5.41) is 0. The Bertz CT molecular complexity index is 8.00. The molecule has 0 aliphatic rings. The molecular weight excluding hydrogens is 168 g/mol. The normalized spacial score (nSPS) is 0. The Morgan fingerprint density at radius 2 is 1.00 bits per heavy atom. The Balaban J connectivity index is 0. The van der Waals surface area contributed by atoms with Crippen LogP contribution in [0, 0.1) is 7.43 Å². The van der Waals surface area contributed by atoms with Crippen molar-refractivity contribution in [2.75, 3.05) is 0 Å². The van der Waals surface area contributed by atoms with E-state index in [-0.39, 0.29) is 61.3 Å². The van der Waals surface area contributed by atoms with Crippen molar-refractivity contribution in [1.82, 2.24) is 0 Å². The summed E-state index contributed by atoms with van der Waals surface area (Å²) in [6, 6.07) is 0. The van der Waals surface area contributed by atoms with E-state index in [1.807, 2.05) is 0 Å². The fourth-order valence-electron chi connectivity index (χ4n) is 0. The van der Waals surface area contributed by atoms with Crippen LogP contribution in [0.1, 0.15) is 0 Å². The second kappa shape index (κ2) is 22.5. The van der Waals surface area contributed by atoms with Crippen molar-refractivity contribution in [3.8, 4) is 0 Å². The van der Waals surface area contributed by atoms with Gasteiger partial charge in [-0.1, -0.05) is 0 Å². The van der Waals surface area contributed by atoms with Crippen molar-refractivity contribution in [3.63, 3.8) is 0 Å². The van der Waals surface area contributed by atoms with Gasteiger partial charge >= 0.3 is 0 Å². The Morgan fingerprint density at radius 3 is 1.00 bits per heavy atom. The quantitative estimate of drug-likeness (QED) is 0.435. The van der Waals surface area contributed by atoms with Gasteiger partial charge < -0.3 is 0 Å². The monoisotopic (exact) mass is 166 g/mol. The Hall–Kier alpha value is 1.68. The smallest absolute Gasteiger partial charge is 0 e. The van der Waals surface area contributed by atoms with Crippen LogP contribution in [0.4, 0.5) is 0 Å². The summed E-state index contributed by atoms with van der Waals surface area (Å²) in [7, 11) is 0. The third-order valence-electron chi connectivity index (χ3n) is 0. The third kappa shape index (κ3) is 9.37. The van der Waals surface area contributed by atoms with Gasteiger partial charge in [-0.15, -0.1) is 0 Å². The molecule has 0 saturated heterocycles. The minimum Gasteiger partial charge on any atom is 0 e. The standard InChI is InChI=1S/C.Al.Cu.Zn. The molecule has 4 heavy (non-hydrogen) atoms. The zero-order valence-corrected chi connectivity index (χ0v) is 7.15. The molecule has 0 aliphatic carbocycles. The van der Waals surface area contributed by atoms with Crippen molar-refractivity contribution in [1.29, 1.82) is 0 Å². The maximum absolute atomic E-state index is 0. The van der Waals surface area contributed by atoms with Crippen LogP contribution in [-0.4, -0.2) is 17.4 Å². The molecule has 0 bridgehead atoms. The summed E-state index contributed by atoms with van der Waals surface area (Å²) in [6.45, 7) is 0. The van der Waals surface area contributed by atoms with Gasteiger partial charge in [0.15, 0.2) is 0 Å². The van der Waals surface area contributed by atoms with Gasteiger partial charge in [-0.05, 0) is 0 Å². The van der Waals surface area contributed by atoms with Gasteiger partial charge in [0, 0.05) is 61.3 Å². The van der Waals surface area contributed by atoms with Gasteiger partial charge in [0.05, 0.1) is 0 Å². The van der Waals surface area contributed by atoms with Crippen LogP contribution in [-0.2, 0) is 36.5 Å². The maximum Gasteiger partial charge on any atom is 0 e. The van der Waals surface area contributed by atoms with Gasteiger partial charge in [-0.3, -0.25) is 0 Å². The van der Waals surface area contributed by atoms with E-state index < -0.39 is 0 Å². The van der Waals surface area contributed by atoms with E-state index in [2.05, 4.69) is 0 Å². The van der Waals surface area contributed by atoms with E-state index in [1.165, 1.54) is 0 Å². The summed E-state index contributed by atoms with van der Waals surface area (Å²) >= 11 is 0. The largest absolute Gasteiger partial charge is 0 e. The van der Waals surface area contributed by atoms with Crippen molar-refractivity contribution in [2.45, 2.75) is 0 Å². The van der Waals surface area contributed by atoms with Crippen LogP contribution >= 0.6 is 0 Å². The maximum atomic E-state index is 0. The molecule has 0 saturated carbocycles. The van der Waals surface area contributed by atoms with E-state index in [0.717, 1.165) is 0 Å². The zero-order valence-electron chi connectivity index (χ0n) is 2.09. The van der Waals surface area contributed by atoms with Crippen molar-refractivity contribution < 1.29 is 36.5 Å². The summed E-state index contributed by atoms with van der Waals surface area (Å²) in [6.07, 6.45) is 0. The summed E-state index contributed by atoms with van der Waals surface area (Å²) in [5.41, 5.74) is 0. The molecule has 0 amide bonds. The number of hydrogen-bond acceptors (Lipinski definition) is 0. The van der Waals surface area contributed by atoms with E-state index in [0.29, 0.717) is 0 Å². The van der Waals surface area contributed by atoms with Crippen molar-refractivity contribution in [3.05, 3.63) is 7.43 Å². The molecule has 0 aromatic carbocycles. The predicted octanol–water partition coefficient (Wildman–Crippen LogP) is -0.305. The summed E-state index contributed by atoms with van der Waals surface area (Å²) in [4.78, 5) is 0. The molecule has 0 spiro atoms. The predicted molar refractivity (Wildman–Crippen MR) is 9.00 cm³/mol. The van der Waals surface area contributed by atoms with Crippen LogP contribution in [0.15, 0.2) is 0 Å². The van der Waals surface area contributed by atoms with E-state index >= 15 is 0 Å². The Kier molecular flexibility index (Phi) is 249. The molecule has 0 aromatic heterocycles. The average Bonchev–Trinajstić information content (AvgIpc) is 0. The summed E-state index contributed by atoms with van der Waals surface area (Å²) in [5.74, 6) is 0. The molecule has 0 heterocycles. The van der Waals surface area contributed by atoms with Crippen LogP contribution in [0.3, 0.4) is 0 Å². The molecule has 0 nitrogen and oxygen atoms in total. The first-order valence-corrected chi connectivity index (χ1v) is 0. The molecular formula is CAlCuZn. The molecule has 0 unspecified atom stereocenters. The molecule has 0 N–H and O–H groups in total. The van der Waals surface area contributed by atoms with Crippen LogP contribution in [0.2, 0.25) is 0 Å². The minimum atomic E-state index is 0. The zero-order chi connectivity index (χ0) is 0. The van der Waals surface area contributed by atoms with Crippen LogP contribution in [0.25, 0.3) is 0 Å².